The van der Waals surface area contributed by atoms with E-state index >= 15 is 0 Å². The molecule has 1 saturated heterocycles. The Morgan fingerprint density at radius 3 is 2.50 bits per heavy atom. The molecule has 2 aromatic rings. The van der Waals surface area contributed by atoms with E-state index < -0.39 is 9.84 Å². The lowest BCUT2D eigenvalue weighted by atomic mass is 9.83. The Hall–Kier alpha value is -1.45. The number of rotatable bonds is 10. The first-order chi connectivity index (χ1) is 17.3. The second kappa shape index (κ2) is 12.9. The van der Waals surface area contributed by atoms with Crippen LogP contribution in [0, 0.1) is 11.8 Å². The van der Waals surface area contributed by atoms with Crippen molar-refractivity contribution >= 4 is 38.9 Å². The van der Waals surface area contributed by atoms with Crippen molar-refractivity contribution in [1.29, 1.82) is 0 Å². The van der Waals surface area contributed by atoms with Gasteiger partial charge >= 0.3 is 0 Å². The summed E-state index contributed by atoms with van der Waals surface area (Å²) >= 11 is 13.1. The summed E-state index contributed by atoms with van der Waals surface area (Å²) < 4.78 is 28.1. The van der Waals surface area contributed by atoms with Crippen molar-refractivity contribution in [2.24, 2.45) is 11.8 Å². The molecule has 10 heteroatoms. The van der Waals surface area contributed by atoms with Crippen molar-refractivity contribution in [2.75, 3.05) is 43.6 Å². The summed E-state index contributed by atoms with van der Waals surface area (Å²) in [6.45, 7) is 3.02. The van der Waals surface area contributed by atoms with Gasteiger partial charge in [0, 0.05) is 56.1 Å². The number of ether oxygens (including phenoxy) is 1. The molecule has 0 bridgehead atoms. The Morgan fingerprint density at radius 2 is 1.78 bits per heavy atom. The molecule has 1 aliphatic carbocycles. The molecule has 1 aliphatic heterocycles. The van der Waals surface area contributed by atoms with Crippen LogP contribution in [-0.2, 0) is 21.0 Å². The molecule has 36 heavy (non-hydrogen) atoms. The molecule has 0 aromatic carbocycles. The predicted molar refractivity (Wildman–Crippen MR) is 147 cm³/mol. The highest BCUT2D eigenvalue weighted by Gasteiger charge is 2.23. The number of nitrogens with one attached hydrogen (secondary N) is 2. The van der Waals surface area contributed by atoms with Gasteiger partial charge in [-0.1, -0.05) is 23.2 Å². The summed E-state index contributed by atoms with van der Waals surface area (Å²) in [6.07, 6.45) is 10.2. The van der Waals surface area contributed by atoms with Gasteiger partial charge in [0.05, 0.1) is 21.5 Å². The number of hydrogen-bond donors (Lipinski definition) is 2. The van der Waals surface area contributed by atoms with Gasteiger partial charge in [-0.3, -0.25) is 4.98 Å². The van der Waals surface area contributed by atoms with Gasteiger partial charge in [0.15, 0.2) is 0 Å². The first-order valence-corrected chi connectivity index (χ1v) is 15.6. The van der Waals surface area contributed by atoms with E-state index in [4.69, 9.17) is 32.9 Å². The predicted octanol–water partition coefficient (Wildman–Crippen LogP) is 5.02. The van der Waals surface area contributed by atoms with Gasteiger partial charge in [0.2, 0.25) is 0 Å². The van der Waals surface area contributed by atoms with E-state index in [1.165, 1.54) is 6.26 Å². The molecular formula is C26H36Cl2N4O3S. The summed E-state index contributed by atoms with van der Waals surface area (Å²) in [5.41, 5.74) is 2.46. The van der Waals surface area contributed by atoms with Gasteiger partial charge in [-0.25, -0.2) is 13.4 Å². The van der Waals surface area contributed by atoms with Crippen molar-refractivity contribution in [3.05, 3.63) is 40.1 Å². The number of sulfone groups is 1. The maximum Gasteiger partial charge on any atom is 0.148 e. The Bertz CT molecular complexity index is 1120. The van der Waals surface area contributed by atoms with Gasteiger partial charge in [-0.05, 0) is 75.0 Å². The van der Waals surface area contributed by atoms with E-state index in [1.54, 1.807) is 6.20 Å². The number of anilines is 1. The lowest BCUT2D eigenvalue weighted by Crippen LogP contribution is -2.36. The van der Waals surface area contributed by atoms with Crippen LogP contribution in [0.2, 0.25) is 10.0 Å². The average Bonchev–Trinajstić information content (AvgIpc) is 2.86. The van der Waals surface area contributed by atoms with Crippen molar-refractivity contribution in [3.63, 3.8) is 0 Å². The van der Waals surface area contributed by atoms with Crippen molar-refractivity contribution in [3.8, 4) is 11.3 Å². The number of nitrogens with zero attached hydrogens (tertiary/aromatic N) is 2. The SMILES string of the molecule is CS(=O)(=O)CCNC1CCC(Cc2cc(-c3nc(NCC4CCOCC4)ccc3Cl)c(Cl)cn2)CC1. The molecular weight excluding hydrogens is 519 g/mol. The molecule has 3 heterocycles. The largest absolute Gasteiger partial charge is 0.381 e. The van der Waals surface area contributed by atoms with Crippen molar-refractivity contribution < 1.29 is 13.2 Å². The minimum Gasteiger partial charge on any atom is -0.381 e. The zero-order valence-electron chi connectivity index (χ0n) is 20.8. The molecule has 0 atom stereocenters. The molecule has 0 amide bonds. The number of aromatic nitrogens is 2. The Kier molecular flexibility index (Phi) is 9.86. The number of pyridine rings is 2. The fourth-order valence-electron chi connectivity index (χ4n) is 5.02. The standard InChI is InChI=1S/C26H36Cl2N4O3S/c1-36(33,34)13-10-29-20-4-2-18(3-5-20)14-21-15-22(24(28)17-30-21)26-23(27)6-7-25(32-26)31-16-19-8-11-35-12-9-19/h6-7,15,17-20,29H,2-5,8-14,16H2,1H3,(H,31,32). The molecule has 2 N–H and O–H groups in total. The van der Waals surface area contributed by atoms with Gasteiger partial charge in [0.25, 0.3) is 0 Å². The number of hydrogen-bond acceptors (Lipinski definition) is 7. The molecule has 198 valence electrons. The minimum absolute atomic E-state index is 0.188. The van der Waals surface area contributed by atoms with Crippen molar-refractivity contribution in [1.82, 2.24) is 15.3 Å². The highest BCUT2D eigenvalue weighted by atomic mass is 35.5. The second-order valence-electron chi connectivity index (χ2n) is 10.1. The molecule has 2 aromatic heterocycles. The van der Waals surface area contributed by atoms with Crippen molar-refractivity contribution in [2.45, 2.75) is 51.0 Å². The van der Waals surface area contributed by atoms with Gasteiger partial charge in [0.1, 0.15) is 15.7 Å². The van der Waals surface area contributed by atoms with Gasteiger partial charge in [-0.2, -0.15) is 0 Å². The zero-order chi connectivity index (χ0) is 25.5. The van der Waals surface area contributed by atoms with Crippen LogP contribution in [0.4, 0.5) is 5.82 Å². The van der Waals surface area contributed by atoms with Gasteiger partial charge < -0.3 is 15.4 Å². The fraction of sp³-hybridized carbons (Fsp3) is 0.615. The first-order valence-electron chi connectivity index (χ1n) is 12.8. The Balaban J connectivity index is 1.36. The maximum atomic E-state index is 11.3. The van der Waals surface area contributed by atoms with Crippen LogP contribution in [0.25, 0.3) is 11.3 Å². The lowest BCUT2D eigenvalue weighted by molar-refractivity contribution is 0.0699. The van der Waals surface area contributed by atoms with E-state index in [2.05, 4.69) is 15.6 Å². The van der Waals surface area contributed by atoms with Gasteiger partial charge in [-0.15, -0.1) is 0 Å². The lowest BCUT2D eigenvalue weighted by Gasteiger charge is -2.29. The van der Waals surface area contributed by atoms with E-state index in [0.29, 0.717) is 40.2 Å². The van der Waals surface area contributed by atoms with Crippen LogP contribution in [0.5, 0.6) is 0 Å². The van der Waals surface area contributed by atoms with Crippen LogP contribution < -0.4 is 10.6 Å². The molecule has 0 unspecified atom stereocenters. The van der Waals surface area contributed by atoms with Crippen LogP contribution in [0.3, 0.4) is 0 Å². The summed E-state index contributed by atoms with van der Waals surface area (Å²) in [4.78, 5) is 9.38. The van der Waals surface area contributed by atoms with E-state index in [9.17, 15) is 8.42 Å². The fourth-order valence-corrected chi connectivity index (χ4v) is 5.91. The summed E-state index contributed by atoms with van der Waals surface area (Å²) in [5, 5.41) is 7.95. The molecule has 0 radical (unpaired) electrons. The second-order valence-corrected chi connectivity index (χ2v) is 13.2. The maximum absolute atomic E-state index is 11.3. The smallest absolute Gasteiger partial charge is 0.148 e. The van der Waals surface area contributed by atoms with E-state index in [0.717, 1.165) is 81.8 Å². The molecule has 7 nitrogen and oxygen atoms in total. The third kappa shape index (κ3) is 8.28. The monoisotopic (exact) mass is 554 g/mol. The summed E-state index contributed by atoms with van der Waals surface area (Å²) in [5.74, 6) is 2.10. The van der Waals surface area contributed by atoms with Crippen LogP contribution in [0.15, 0.2) is 24.4 Å². The summed E-state index contributed by atoms with van der Waals surface area (Å²) in [7, 11) is -2.93. The van der Waals surface area contributed by atoms with Crippen LogP contribution in [0.1, 0.15) is 44.2 Å². The topological polar surface area (TPSA) is 93.2 Å². The normalized spacial score (nSPS) is 21.4. The molecule has 2 aliphatic rings. The third-order valence-electron chi connectivity index (χ3n) is 7.18. The Labute approximate surface area is 224 Å². The Morgan fingerprint density at radius 1 is 1.03 bits per heavy atom. The minimum atomic E-state index is -2.93. The highest BCUT2D eigenvalue weighted by molar-refractivity contribution is 7.90. The number of halogens is 2. The van der Waals surface area contributed by atoms with Crippen LogP contribution in [-0.4, -0.2) is 62.7 Å². The zero-order valence-corrected chi connectivity index (χ0v) is 23.1. The molecule has 0 spiro atoms. The molecule has 1 saturated carbocycles. The van der Waals surface area contributed by atoms with Crippen LogP contribution >= 0.6 is 23.2 Å². The molecule has 4 rings (SSSR count). The van der Waals surface area contributed by atoms with E-state index in [1.807, 2.05) is 18.2 Å². The van der Waals surface area contributed by atoms with E-state index in [-0.39, 0.29) is 5.75 Å². The highest BCUT2D eigenvalue weighted by Crippen LogP contribution is 2.34. The average molecular weight is 556 g/mol. The quantitative estimate of drug-likeness (QED) is 0.425. The third-order valence-corrected chi connectivity index (χ3v) is 8.73. The molecule has 2 fully saturated rings. The summed E-state index contributed by atoms with van der Waals surface area (Å²) in [6, 6.07) is 6.18. The first kappa shape index (κ1) is 27.6.